The van der Waals surface area contributed by atoms with E-state index in [1.165, 1.54) is 44.9 Å². The number of hydrogen-bond acceptors (Lipinski definition) is 2. The average Bonchev–Trinajstić information content (AvgIpc) is 2.74. The Morgan fingerprint density at radius 2 is 1.71 bits per heavy atom. The Balaban J connectivity index is 0.00000169. The predicted molar refractivity (Wildman–Crippen MR) is 98.1 cm³/mol. The van der Waals surface area contributed by atoms with E-state index in [1.54, 1.807) is 0 Å². The summed E-state index contributed by atoms with van der Waals surface area (Å²) in [7, 11) is 2.20. The summed E-state index contributed by atoms with van der Waals surface area (Å²) in [6.45, 7) is 13.7. The molecule has 1 atom stereocenters. The van der Waals surface area contributed by atoms with E-state index in [9.17, 15) is 0 Å². The maximum absolute atomic E-state index is 3.60. The molecule has 1 radical (unpaired) electrons. The molecule has 0 saturated carbocycles. The number of fused-ring (bicyclic) bond motifs is 2. The molecule has 0 fully saturated rings. The Hall–Kier alpha value is -1.34. The van der Waals surface area contributed by atoms with Crippen LogP contribution in [0.25, 0.3) is 0 Å². The van der Waals surface area contributed by atoms with Gasteiger partial charge in [-0.3, -0.25) is 0 Å². The van der Waals surface area contributed by atoms with Crippen molar-refractivity contribution in [3.63, 3.8) is 0 Å². The third-order valence-electron chi connectivity index (χ3n) is 6.01. The van der Waals surface area contributed by atoms with Crippen molar-refractivity contribution >= 4 is 17.1 Å². The Bertz CT molecular complexity index is 838. The second-order valence-electron chi connectivity index (χ2n) is 7.63. The zero-order valence-corrected chi connectivity index (χ0v) is 17.3. The Morgan fingerprint density at radius 3 is 2.38 bits per heavy atom. The molecule has 0 amide bonds. The van der Waals surface area contributed by atoms with Gasteiger partial charge in [0.05, 0.1) is 11.4 Å². The topological polar surface area (TPSA) is 6.48 Å². The van der Waals surface area contributed by atoms with E-state index in [2.05, 4.69) is 82.7 Å². The van der Waals surface area contributed by atoms with Gasteiger partial charge < -0.3 is 9.80 Å². The molecule has 4 rings (SSSR count). The number of anilines is 3. The van der Waals surface area contributed by atoms with Gasteiger partial charge in [-0.15, -0.1) is 11.1 Å². The van der Waals surface area contributed by atoms with Crippen LogP contribution in [-0.2, 0) is 24.9 Å². The van der Waals surface area contributed by atoms with E-state index in [1.807, 2.05) is 0 Å². The Labute approximate surface area is 158 Å². The molecule has 2 aliphatic rings. The summed E-state index contributed by atoms with van der Waals surface area (Å²) in [5.41, 5.74) is 10.9. The van der Waals surface area contributed by atoms with Crippen LogP contribution in [0.2, 0.25) is 0 Å². The summed E-state index contributed by atoms with van der Waals surface area (Å²) < 4.78 is 0. The van der Waals surface area contributed by atoms with E-state index in [0.29, 0.717) is 6.17 Å². The van der Waals surface area contributed by atoms with Gasteiger partial charge >= 0.3 is 19.5 Å². The van der Waals surface area contributed by atoms with Crippen LogP contribution in [0.15, 0.2) is 18.2 Å². The first-order valence-electron chi connectivity index (χ1n) is 8.46. The second-order valence-corrected chi connectivity index (χ2v) is 7.63. The molecule has 0 aliphatic carbocycles. The molecule has 0 bridgehead atoms. The standard InChI is InChI=1S/C21H25N2.Ru/c1-12-11-13(2)18-19(14(12)3)23-15(4)22(7)17-10-8-9-16(20(17)23)21(18,5)6;/h8-10,15H,1-7H3;/q-1;+1/t15-;/m1./s1. The molecule has 0 N–H and O–H groups in total. The molecule has 2 aliphatic heterocycles. The molecule has 3 heteroatoms. The SMILES string of the molecule is Cc1[c-]c(C)c2c(c1C)N1c3c(cccc3C2(C)C)N(C)[C@H]1C.[Ru+]. The van der Waals surface area contributed by atoms with E-state index >= 15 is 0 Å². The maximum Gasteiger partial charge on any atom is 1.00 e. The molecule has 2 nitrogen and oxygen atoms in total. The molecule has 0 aromatic heterocycles. The molecule has 24 heavy (non-hydrogen) atoms. The van der Waals surface area contributed by atoms with Gasteiger partial charge in [-0.05, 0) is 24.0 Å². The van der Waals surface area contributed by atoms with Crippen molar-refractivity contribution in [2.75, 3.05) is 16.8 Å². The van der Waals surface area contributed by atoms with Crippen molar-refractivity contribution in [1.82, 2.24) is 0 Å². The molecule has 0 saturated heterocycles. The number of benzene rings is 2. The van der Waals surface area contributed by atoms with Crippen molar-refractivity contribution in [2.24, 2.45) is 0 Å². The molecule has 2 aromatic carbocycles. The minimum Gasteiger partial charge on any atom is -0.353 e. The summed E-state index contributed by atoms with van der Waals surface area (Å²) in [6, 6.07) is 10.4. The molecule has 0 spiro atoms. The van der Waals surface area contributed by atoms with Crippen molar-refractivity contribution in [3.8, 4) is 0 Å². The molecule has 2 aromatic rings. The fraction of sp³-hybridized carbons (Fsp3) is 0.429. The van der Waals surface area contributed by atoms with Crippen LogP contribution in [0.1, 0.15) is 48.6 Å². The van der Waals surface area contributed by atoms with E-state index in [0.717, 1.165) is 0 Å². The zero-order valence-electron chi connectivity index (χ0n) is 15.6. The third kappa shape index (κ3) is 1.91. The van der Waals surface area contributed by atoms with Crippen LogP contribution in [0.5, 0.6) is 0 Å². The number of para-hydroxylation sites is 1. The number of nitrogens with zero attached hydrogens (tertiary/aromatic N) is 2. The first-order valence-corrected chi connectivity index (χ1v) is 8.46. The number of rotatable bonds is 0. The first kappa shape index (κ1) is 17.5. The van der Waals surface area contributed by atoms with Gasteiger partial charge in [0.25, 0.3) is 0 Å². The summed E-state index contributed by atoms with van der Waals surface area (Å²) in [5.74, 6) is 0. The van der Waals surface area contributed by atoms with Gasteiger partial charge in [0.2, 0.25) is 0 Å². The van der Waals surface area contributed by atoms with Crippen molar-refractivity contribution in [3.05, 3.63) is 52.1 Å². The van der Waals surface area contributed by atoms with Gasteiger partial charge in [0, 0.05) is 7.05 Å². The summed E-state index contributed by atoms with van der Waals surface area (Å²) in [6.07, 6.45) is 0.334. The normalized spacial score (nSPS) is 19.7. The van der Waals surface area contributed by atoms with Gasteiger partial charge in [0.15, 0.2) is 0 Å². The van der Waals surface area contributed by atoms with Crippen LogP contribution >= 0.6 is 0 Å². The van der Waals surface area contributed by atoms with Gasteiger partial charge in [0.1, 0.15) is 6.17 Å². The van der Waals surface area contributed by atoms with Gasteiger partial charge in [-0.2, -0.15) is 17.2 Å². The Morgan fingerprint density at radius 1 is 1.04 bits per heavy atom. The Kier molecular flexibility index (Phi) is 3.88. The fourth-order valence-corrected chi connectivity index (χ4v) is 4.61. The molecular formula is C21H25N2Ru. The fourth-order valence-electron chi connectivity index (χ4n) is 4.61. The smallest absolute Gasteiger partial charge is 0.353 e. The number of hydrogen-bond donors (Lipinski definition) is 0. The first-order chi connectivity index (χ1) is 10.8. The van der Waals surface area contributed by atoms with Crippen LogP contribution in [0.4, 0.5) is 17.1 Å². The van der Waals surface area contributed by atoms with E-state index in [-0.39, 0.29) is 24.9 Å². The van der Waals surface area contributed by atoms with Crippen molar-refractivity contribution < 1.29 is 19.5 Å². The third-order valence-corrected chi connectivity index (χ3v) is 6.01. The minimum absolute atomic E-state index is 0. The zero-order chi connectivity index (χ0) is 16.7. The molecule has 2 heterocycles. The van der Waals surface area contributed by atoms with E-state index in [4.69, 9.17) is 0 Å². The van der Waals surface area contributed by atoms with Crippen LogP contribution in [0.3, 0.4) is 0 Å². The van der Waals surface area contributed by atoms with Crippen LogP contribution in [0, 0.1) is 26.8 Å². The summed E-state index contributed by atoms with van der Waals surface area (Å²) in [5, 5.41) is 0. The van der Waals surface area contributed by atoms with Gasteiger partial charge in [-0.1, -0.05) is 52.4 Å². The second kappa shape index (κ2) is 5.33. The average molecular weight is 407 g/mol. The number of aryl methyl sites for hydroxylation is 2. The molecular weight excluding hydrogens is 381 g/mol. The monoisotopic (exact) mass is 407 g/mol. The molecule has 127 valence electrons. The predicted octanol–water partition coefficient (Wildman–Crippen LogP) is 4.98. The van der Waals surface area contributed by atoms with Crippen molar-refractivity contribution in [2.45, 2.75) is 53.1 Å². The van der Waals surface area contributed by atoms with Gasteiger partial charge in [-0.25, -0.2) is 0 Å². The maximum atomic E-state index is 3.60. The quantitative estimate of drug-likeness (QED) is 0.450. The molecule has 0 unspecified atom stereocenters. The largest absolute Gasteiger partial charge is 1.00 e. The van der Waals surface area contributed by atoms with Crippen molar-refractivity contribution in [1.29, 1.82) is 0 Å². The van der Waals surface area contributed by atoms with Crippen LogP contribution in [-0.4, -0.2) is 13.2 Å². The van der Waals surface area contributed by atoms with E-state index < -0.39 is 0 Å². The van der Waals surface area contributed by atoms with Crippen LogP contribution < -0.4 is 9.80 Å². The summed E-state index contributed by atoms with van der Waals surface area (Å²) >= 11 is 0. The summed E-state index contributed by atoms with van der Waals surface area (Å²) in [4.78, 5) is 4.94. The minimum atomic E-state index is 0.